The van der Waals surface area contributed by atoms with Gasteiger partial charge in [-0.2, -0.15) is 0 Å². The van der Waals surface area contributed by atoms with Gasteiger partial charge >= 0.3 is 0 Å². The lowest BCUT2D eigenvalue weighted by Gasteiger charge is -2.35. The molecular weight excluding hydrogens is 522 g/mol. The SMILES string of the molecule is O=C(NCC(c1ccco1)N1CCCC1)c1cccc(OC2CCCN(CC(c3ccccc3)c3ccccc3)C2)c1. The zero-order valence-corrected chi connectivity index (χ0v) is 24.2. The zero-order chi connectivity index (χ0) is 28.6. The van der Waals surface area contributed by atoms with Crippen LogP contribution in [0.5, 0.6) is 5.75 Å². The fraction of sp³-hybridized carbons (Fsp3) is 0.361. The maximum absolute atomic E-state index is 13.2. The van der Waals surface area contributed by atoms with E-state index in [1.807, 2.05) is 36.4 Å². The lowest BCUT2D eigenvalue weighted by molar-refractivity contribution is 0.0859. The fourth-order valence-electron chi connectivity index (χ4n) is 6.45. The second-order valence-electron chi connectivity index (χ2n) is 11.5. The molecule has 2 saturated heterocycles. The molecule has 2 aliphatic heterocycles. The van der Waals surface area contributed by atoms with Gasteiger partial charge in [0, 0.05) is 31.1 Å². The minimum absolute atomic E-state index is 0.0507. The van der Waals surface area contributed by atoms with E-state index in [1.165, 1.54) is 24.0 Å². The predicted molar refractivity (Wildman–Crippen MR) is 166 cm³/mol. The van der Waals surface area contributed by atoms with E-state index in [0.717, 1.165) is 57.1 Å². The van der Waals surface area contributed by atoms with Crippen LogP contribution in [-0.4, -0.2) is 61.1 Å². The van der Waals surface area contributed by atoms with Crippen molar-refractivity contribution in [2.24, 2.45) is 0 Å². The van der Waals surface area contributed by atoms with Crippen molar-refractivity contribution in [2.75, 3.05) is 39.3 Å². The van der Waals surface area contributed by atoms with Gasteiger partial charge < -0.3 is 14.5 Å². The molecule has 1 aromatic heterocycles. The molecule has 3 aromatic carbocycles. The molecule has 6 nitrogen and oxygen atoms in total. The summed E-state index contributed by atoms with van der Waals surface area (Å²) in [5, 5.41) is 3.15. The number of ether oxygens (including phenoxy) is 1. The Hall–Kier alpha value is -3.87. The number of carbonyl (C=O) groups is 1. The Bertz CT molecular complexity index is 1350. The zero-order valence-electron chi connectivity index (χ0n) is 24.2. The highest BCUT2D eigenvalue weighted by Crippen LogP contribution is 2.28. The topological polar surface area (TPSA) is 58.0 Å². The third-order valence-corrected chi connectivity index (χ3v) is 8.61. The van der Waals surface area contributed by atoms with E-state index in [1.54, 1.807) is 6.26 Å². The molecule has 2 fully saturated rings. The molecule has 0 spiro atoms. The number of carbonyl (C=O) groups excluding carboxylic acids is 1. The normalized spacial score (nSPS) is 18.6. The second kappa shape index (κ2) is 13.9. The molecule has 2 aliphatic rings. The first-order chi connectivity index (χ1) is 20.7. The Labute approximate surface area is 249 Å². The number of benzene rings is 3. The maximum atomic E-state index is 13.2. The molecule has 42 heavy (non-hydrogen) atoms. The summed E-state index contributed by atoms with van der Waals surface area (Å²) in [6, 6.07) is 33.2. The van der Waals surface area contributed by atoms with Crippen molar-refractivity contribution in [3.63, 3.8) is 0 Å². The lowest BCUT2D eigenvalue weighted by Crippen LogP contribution is -2.43. The van der Waals surface area contributed by atoms with E-state index >= 15 is 0 Å². The van der Waals surface area contributed by atoms with Crippen molar-refractivity contribution < 1.29 is 13.9 Å². The summed E-state index contributed by atoms with van der Waals surface area (Å²) in [5.41, 5.74) is 3.29. The average molecular weight is 564 g/mol. The van der Waals surface area contributed by atoms with Gasteiger partial charge in [0.1, 0.15) is 17.6 Å². The summed E-state index contributed by atoms with van der Waals surface area (Å²) in [6.45, 7) is 5.45. The highest BCUT2D eigenvalue weighted by Gasteiger charge is 2.27. The number of nitrogens with zero attached hydrogens (tertiary/aromatic N) is 2. The van der Waals surface area contributed by atoms with Gasteiger partial charge in [-0.3, -0.25) is 14.6 Å². The summed E-state index contributed by atoms with van der Waals surface area (Å²) in [4.78, 5) is 18.1. The van der Waals surface area contributed by atoms with E-state index in [4.69, 9.17) is 9.15 Å². The van der Waals surface area contributed by atoms with Crippen LogP contribution in [0.2, 0.25) is 0 Å². The number of amides is 1. The summed E-state index contributed by atoms with van der Waals surface area (Å²) in [5.74, 6) is 1.87. The van der Waals surface area contributed by atoms with Crippen molar-refractivity contribution in [3.05, 3.63) is 126 Å². The van der Waals surface area contributed by atoms with E-state index in [2.05, 4.69) is 75.8 Å². The van der Waals surface area contributed by atoms with Crippen LogP contribution in [0, 0.1) is 0 Å². The number of furan rings is 1. The molecule has 1 N–H and O–H groups in total. The Morgan fingerprint density at radius 3 is 2.29 bits per heavy atom. The highest BCUT2D eigenvalue weighted by molar-refractivity contribution is 5.94. The minimum Gasteiger partial charge on any atom is -0.489 e. The summed E-state index contributed by atoms with van der Waals surface area (Å²) in [7, 11) is 0. The van der Waals surface area contributed by atoms with Crippen LogP contribution in [0.3, 0.4) is 0 Å². The van der Waals surface area contributed by atoms with Gasteiger partial charge in [0.05, 0.1) is 12.3 Å². The van der Waals surface area contributed by atoms with Crippen LogP contribution < -0.4 is 10.1 Å². The number of hydrogen-bond donors (Lipinski definition) is 1. The molecule has 3 heterocycles. The third kappa shape index (κ3) is 7.12. The first-order valence-corrected chi connectivity index (χ1v) is 15.4. The molecule has 0 radical (unpaired) electrons. The Balaban J connectivity index is 1.07. The third-order valence-electron chi connectivity index (χ3n) is 8.61. The molecule has 4 aromatic rings. The van der Waals surface area contributed by atoms with Crippen LogP contribution >= 0.6 is 0 Å². The summed E-state index contributed by atoms with van der Waals surface area (Å²) >= 11 is 0. The van der Waals surface area contributed by atoms with E-state index in [-0.39, 0.29) is 18.1 Å². The maximum Gasteiger partial charge on any atom is 0.251 e. The molecular formula is C36H41N3O3. The Morgan fingerprint density at radius 1 is 0.857 bits per heavy atom. The number of likely N-dealkylation sites (tertiary alicyclic amines) is 2. The van der Waals surface area contributed by atoms with Crippen LogP contribution in [0.1, 0.15) is 64.9 Å². The molecule has 2 atom stereocenters. The monoisotopic (exact) mass is 563 g/mol. The van der Waals surface area contributed by atoms with Gasteiger partial charge in [0.2, 0.25) is 0 Å². The quantitative estimate of drug-likeness (QED) is 0.225. The second-order valence-corrected chi connectivity index (χ2v) is 11.5. The van der Waals surface area contributed by atoms with Crippen molar-refractivity contribution in [3.8, 4) is 5.75 Å². The first-order valence-electron chi connectivity index (χ1n) is 15.4. The van der Waals surface area contributed by atoms with Gasteiger partial charge in [-0.15, -0.1) is 0 Å². The van der Waals surface area contributed by atoms with Crippen molar-refractivity contribution in [1.29, 1.82) is 0 Å². The van der Waals surface area contributed by atoms with E-state index in [9.17, 15) is 4.79 Å². The molecule has 0 aliphatic carbocycles. The van der Waals surface area contributed by atoms with Gasteiger partial charge in [-0.25, -0.2) is 0 Å². The number of rotatable bonds is 11. The molecule has 0 saturated carbocycles. The molecule has 1 amide bonds. The van der Waals surface area contributed by atoms with E-state index in [0.29, 0.717) is 18.0 Å². The van der Waals surface area contributed by atoms with E-state index < -0.39 is 0 Å². The van der Waals surface area contributed by atoms with Crippen molar-refractivity contribution >= 4 is 5.91 Å². The highest BCUT2D eigenvalue weighted by atomic mass is 16.5. The van der Waals surface area contributed by atoms with Crippen LogP contribution in [0.25, 0.3) is 0 Å². The molecule has 2 unspecified atom stereocenters. The Kier molecular flexibility index (Phi) is 9.33. The summed E-state index contributed by atoms with van der Waals surface area (Å²) < 4.78 is 12.2. The number of nitrogens with one attached hydrogen (secondary N) is 1. The van der Waals surface area contributed by atoms with Crippen molar-refractivity contribution in [2.45, 2.75) is 43.7 Å². The molecule has 0 bridgehead atoms. The fourth-order valence-corrected chi connectivity index (χ4v) is 6.45. The van der Waals surface area contributed by atoms with Gasteiger partial charge in [0.25, 0.3) is 5.91 Å². The largest absolute Gasteiger partial charge is 0.489 e. The first kappa shape index (κ1) is 28.3. The summed E-state index contributed by atoms with van der Waals surface area (Å²) in [6.07, 6.45) is 6.25. The predicted octanol–water partition coefficient (Wildman–Crippen LogP) is 6.52. The van der Waals surface area contributed by atoms with Crippen LogP contribution in [0.4, 0.5) is 0 Å². The average Bonchev–Trinajstić information content (AvgIpc) is 3.77. The smallest absolute Gasteiger partial charge is 0.251 e. The number of piperidine rings is 1. The molecule has 218 valence electrons. The minimum atomic E-state index is -0.0879. The van der Waals surface area contributed by atoms with Crippen molar-refractivity contribution in [1.82, 2.24) is 15.1 Å². The lowest BCUT2D eigenvalue weighted by atomic mass is 9.90. The van der Waals surface area contributed by atoms with Gasteiger partial charge in [0.15, 0.2) is 0 Å². The Morgan fingerprint density at radius 2 is 1.60 bits per heavy atom. The van der Waals surface area contributed by atoms with Gasteiger partial charge in [-0.1, -0.05) is 66.7 Å². The van der Waals surface area contributed by atoms with Crippen LogP contribution in [-0.2, 0) is 0 Å². The molecule has 6 heteroatoms. The standard InChI is InChI=1S/C36H41N3O3/c40-36(37-25-34(35-19-11-23-41-35)39-21-7-8-22-39)30-16-9-17-31(24-30)42-32-18-10-20-38(26-32)27-33(28-12-3-1-4-13-28)29-14-5-2-6-15-29/h1-6,9,11-17,19,23-24,32-34H,7-8,10,18,20-22,25-27H2,(H,37,40). The van der Waals surface area contributed by atoms with Crippen LogP contribution in [0.15, 0.2) is 108 Å². The number of hydrogen-bond acceptors (Lipinski definition) is 5. The molecule has 6 rings (SSSR count). The van der Waals surface area contributed by atoms with Gasteiger partial charge in [-0.05, 0) is 86.8 Å².